The summed E-state index contributed by atoms with van der Waals surface area (Å²) in [6.45, 7) is 2.02. The molecule has 7 aliphatic rings. The van der Waals surface area contributed by atoms with E-state index in [4.69, 9.17) is 9.57 Å². The van der Waals surface area contributed by atoms with E-state index in [2.05, 4.69) is 47.9 Å². The number of para-hydroxylation sites is 1. The van der Waals surface area contributed by atoms with Crippen LogP contribution in [0.1, 0.15) is 72.1 Å². The maximum Gasteiger partial charge on any atom is 0.333 e. The molecule has 93 heavy (non-hydrogen) atoms. The average Bonchev–Trinajstić information content (AvgIpc) is 1.69. The molecule has 13 N–H and O–H groups in total. The number of imide groups is 1. The van der Waals surface area contributed by atoms with Gasteiger partial charge in [-0.2, -0.15) is 0 Å². The minimum absolute atomic E-state index is 0. The number of rotatable bonds is 16. The van der Waals surface area contributed by atoms with E-state index in [1.54, 1.807) is 18.2 Å². The number of carbonyl (C=O) groups is 12. The number of hydroxylamine groups is 2. The summed E-state index contributed by atoms with van der Waals surface area (Å²) in [5, 5.41) is 70.4. The Labute approximate surface area is 567 Å². The molecule has 3 aliphatic carbocycles. The number of ether oxygens (including phenoxy) is 1. The second-order valence-corrected chi connectivity index (χ2v) is 22.2. The van der Waals surface area contributed by atoms with Crippen molar-refractivity contribution in [2.24, 2.45) is 17.8 Å². The predicted octanol–water partition coefficient (Wildman–Crippen LogP) is -2.44. The van der Waals surface area contributed by atoms with E-state index < -0.39 is 106 Å². The Hall–Kier alpha value is -8.17. The Kier molecular flexibility index (Phi) is 29.8. The number of aliphatic hydroxyl groups is 3. The quantitative estimate of drug-likeness (QED) is 0.0604. The molecule has 1 fully saturated rings. The number of aromatic hydroxyl groups is 1. The molecule has 1 aromatic rings. The van der Waals surface area contributed by atoms with Crippen LogP contribution >= 0.6 is 0 Å². The molecule has 3 atom stereocenters. The van der Waals surface area contributed by atoms with Gasteiger partial charge >= 0.3 is 5.97 Å². The molecule has 0 aromatic heterocycles. The number of phenolic OH excluding ortho intramolecular Hbond substituents is 1. The van der Waals surface area contributed by atoms with Crippen LogP contribution in [0.15, 0.2) is 88.7 Å². The number of amides is 11. The molecule has 4 heterocycles. The van der Waals surface area contributed by atoms with Crippen molar-refractivity contribution in [3.63, 3.8) is 0 Å². The zero-order valence-corrected chi connectivity index (χ0v) is 53.5. The van der Waals surface area contributed by atoms with Gasteiger partial charge in [-0.15, -0.1) is 5.06 Å². The van der Waals surface area contributed by atoms with Gasteiger partial charge in [-0.3, -0.25) is 67.4 Å². The number of phenols is 1. The van der Waals surface area contributed by atoms with E-state index in [0.29, 0.717) is 5.06 Å². The van der Waals surface area contributed by atoms with Crippen molar-refractivity contribution >= 4 is 70.9 Å². The van der Waals surface area contributed by atoms with E-state index in [0.717, 1.165) is 0 Å². The number of carbonyl (C=O) groups excluding carboxylic acids is 12. The van der Waals surface area contributed by atoms with Crippen molar-refractivity contribution in [1.29, 1.82) is 0 Å². The number of aliphatic hydroxyl groups excluding tert-OH is 3. The Morgan fingerprint density at radius 3 is 1.38 bits per heavy atom. The molecule has 8 bridgehead atoms. The molecule has 1 aromatic carbocycles. The second-order valence-electron chi connectivity index (χ2n) is 22.2. The topological polar surface area (TPSA) is 425 Å². The van der Waals surface area contributed by atoms with E-state index >= 15 is 0 Å². The normalized spacial score (nSPS) is 22.8. The number of fused-ring (bicyclic) bond motifs is 21. The van der Waals surface area contributed by atoms with Crippen LogP contribution in [0.4, 0.5) is 0 Å². The van der Waals surface area contributed by atoms with Crippen LogP contribution in [0.2, 0.25) is 0 Å². The van der Waals surface area contributed by atoms with Gasteiger partial charge in [-0.05, 0) is 56.0 Å². The number of hydrogen-bond donors (Lipinski definition) is 13. The molecule has 32 heteroatoms. The van der Waals surface area contributed by atoms with Gasteiger partial charge in [0.25, 0.3) is 41.4 Å². The van der Waals surface area contributed by atoms with Crippen molar-refractivity contribution < 1.29 is 126 Å². The average molecular weight is 1440 g/mol. The van der Waals surface area contributed by atoms with Gasteiger partial charge in [0.05, 0.1) is 58.8 Å². The Balaban J connectivity index is 0.0000137. The first kappa shape index (κ1) is 73.9. The molecule has 31 nitrogen and oxygen atoms in total. The predicted molar refractivity (Wildman–Crippen MR) is 326 cm³/mol. The minimum Gasteiger partial charge on any atom is -0.511 e. The smallest absolute Gasteiger partial charge is 0.333 e. The van der Waals surface area contributed by atoms with Crippen LogP contribution in [0, 0.1) is 56.4 Å². The van der Waals surface area contributed by atoms with E-state index in [-0.39, 0.29) is 255 Å². The van der Waals surface area contributed by atoms with Crippen molar-refractivity contribution in [3.8, 4) is 5.75 Å². The minimum atomic E-state index is -1.11. The first-order chi connectivity index (χ1) is 44.3. The Morgan fingerprint density at radius 1 is 0.505 bits per heavy atom. The third-order valence-corrected chi connectivity index (χ3v) is 15.8. The van der Waals surface area contributed by atoms with Gasteiger partial charge < -0.3 is 77.9 Å². The first-order valence-corrected chi connectivity index (χ1v) is 30.7. The van der Waals surface area contributed by atoms with Crippen LogP contribution in [-0.4, -0.2) is 242 Å². The molecule has 4 aliphatic heterocycles. The van der Waals surface area contributed by atoms with Gasteiger partial charge in [0.15, 0.2) is 0 Å². The molecule has 3 unspecified atom stereocenters. The third-order valence-electron chi connectivity index (χ3n) is 15.8. The standard InChI is InChI=1S/C61H81N13O18.Tb/c75-46(14-5-15-49(78)92-74-47(76)16-17-48(74)77)62-25-36-91-37-26-70-61(90)45-13-4-12-44(53(45)82)60(89)69-24-33-73-32-23-68-59(88)43-11-3-8-40(52(43)81)56(85)65-20-29-71-27-18-63-54(83)38-6-1-9-41(50(38)79)57(86)66-21-30-72(34-35-73)31-22-67-58(87)42-10-2-7-39(51(42)80)55(84)64-19-28-71;/h1-4,9-13,38-40,79-82H,5-8,14-37H2,(H,62,75)(H,63,83)(H,64,84)(H,65,85)(H,66,86)(H,67,87)(H,68,88)(H,69,89)(H,70,90);. The molecule has 507 valence electrons. The van der Waals surface area contributed by atoms with Crippen LogP contribution < -0.4 is 47.9 Å². The summed E-state index contributed by atoms with van der Waals surface area (Å²) in [6, 6.07) is 4.05. The molecule has 11 amide bonds. The van der Waals surface area contributed by atoms with E-state index in [9.17, 15) is 78.0 Å². The van der Waals surface area contributed by atoms with Crippen molar-refractivity contribution in [2.75, 3.05) is 131 Å². The van der Waals surface area contributed by atoms with Gasteiger partial charge in [0.2, 0.25) is 23.6 Å². The summed E-state index contributed by atoms with van der Waals surface area (Å²) in [4.78, 5) is 167. The Morgan fingerprint density at radius 2 is 0.914 bits per heavy atom. The van der Waals surface area contributed by atoms with Crippen molar-refractivity contribution in [3.05, 3.63) is 99.8 Å². The summed E-state index contributed by atoms with van der Waals surface area (Å²) in [5.41, 5.74) is -0.744. The maximum atomic E-state index is 13.7. The molecular formula is C61H81N13O18Tb. The van der Waals surface area contributed by atoms with Crippen LogP contribution in [-0.2, 0) is 57.5 Å². The van der Waals surface area contributed by atoms with Crippen LogP contribution in [0.3, 0.4) is 0 Å². The van der Waals surface area contributed by atoms with Crippen LogP contribution in [0.5, 0.6) is 5.75 Å². The first-order valence-electron chi connectivity index (χ1n) is 30.7. The summed E-state index contributed by atoms with van der Waals surface area (Å²) >= 11 is 0. The molecule has 1 radical (unpaired) electrons. The van der Waals surface area contributed by atoms with E-state index in [1.165, 1.54) is 36.4 Å². The summed E-state index contributed by atoms with van der Waals surface area (Å²) in [6.07, 6.45) is 9.26. The fourth-order valence-electron chi connectivity index (χ4n) is 10.6. The largest absolute Gasteiger partial charge is 0.511 e. The zero-order valence-electron chi connectivity index (χ0n) is 51.4. The number of nitrogens with zero attached hydrogens (tertiary/aromatic N) is 4. The van der Waals surface area contributed by atoms with Gasteiger partial charge in [0.1, 0.15) is 23.0 Å². The third kappa shape index (κ3) is 22.0. The van der Waals surface area contributed by atoms with Gasteiger partial charge in [0, 0.05) is 182 Å². The SMILES string of the molecule is O=C(CCCC(=O)ON1C(=O)CCC1=O)NCCOCCNC(=O)c1cccc(C(=O)NCCN2CCNC(=O)C3=C(O)C(CC=C3)C(=O)NCCN3CCNC(=O)C4CC=CC(=C4O)C(=O)NCCN(CCNC(=O)C4=C(O)C(CC=C4)C(=O)NCC3)CC2)c1O.[Tb]. The number of hydrogen-bond acceptors (Lipinski definition) is 21. The van der Waals surface area contributed by atoms with Crippen molar-refractivity contribution in [2.45, 2.75) is 51.4 Å². The Bertz CT molecular complexity index is 3070. The molecule has 0 saturated carbocycles. The number of benzene rings is 1. The molecule has 1 saturated heterocycles. The number of nitrogens with one attached hydrogen (secondary N) is 9. The number of allylic oxidation sites excluding steroid dienone is 3. The van der Waals surface area contributed by atoms with Gasteiger partial charge in [-0.25, -0.2) is 4.79 Å². The monoisotopic (exact) mass is 1440 g/mol. The molecule has 8 rings (SSSR count). The molecule has 0 spiro atoms. The summed E-state index contributed by atoms with van der Waals surface area (Å²) in [5.74, 6) is -12.6. The van der Waals surface area contributed by atoms with Gasteiger partial charge in [-0.1, -0.05) is 24.3 Å². The van der Waals surface area contributed by atoms with Crippen molar-refractivity contribution in [1.82, 2.24) is 67.6 Å². The fourth-order valence-corrected chi connectivity index (χ4v) is 10.6. The zero-order chi connectivity index (χ0) is 66.1. The fraction of sp³-hybridized carbons (Fsp3) is 0.508. The second kappa shape index (κ2) is 37.5. The molecular weight excluding hydrogens is 1360 g/mol. The van der Waals surface area contributed by atoms with E-state index in [1.807, 2.05) is 14.7 Å². The van der Waals surface area contributed by atoms with Crippen LogP contribution in [0.25, 0.3) is 0 Å². The maximum absolute atomic E-state index is 13.7. The summed E-state index contributed by atoms with van der Waals surface area (Å²) in [7, 11) is 0. The summed E-state index contributed by atoms with van der Waals surface area (Å²) < 4.78 is 5.49.